The number of hydrogen-bond acceptors (Lipinski definition) is 3. The van der Waals surface area contributed by atoms with E-state index in [4.69, 9.17) is 17.0 Å². The average molecular weight is 273 g/mol. The van der Waals surface area contributed by atoms with Crippen LogP contribution in [0.4, 0.5) is 0 Å². The van der Waals surface area contributed by atoms with Gasteiger partial charge in [-0.25, -0.2) is 0 Å². The van der Waals surface area contributed by atoms with Crippen LogP contribution in [0.3, 0.4) is 0 Å². The molecule has 3 rings (SSSR count). The first kappa shape index (κ1) is 12.3. The molecule has 0 aliphatic rings. The number of rotatable bonds is 4. The normalized spacial score (nSPS) is 11.4. The molecule has 0 saturated heterocycles. The van der Waals surface area contributed by atoms with E-state index < -0.39 is 0 Å². The summed E-state index contributed by atoms with van der Waals surface area (Å²) in [5.41, 5.74) is 3.11. The van der Waals surface area contributed by atoms with E-state index in [2.05, 4.69) is 20.6 Å². The summed E-state index contributed by atoms with van der Waals surface area (Å²) in [4.78, 5) is 7.67. The van der Waals surface area contributed by atoms with Gasteiger partial charge in [-0.15, -0.1) is 0 Å². The van der Waals surface area contributed by atoms with Gasteiger partial charge in [-0.1, -0.05) is 18.2 Å². The van der Waals surface area contributed by atoms with E-state index in [0.717, 1.165) is 46.3 Å². The number of para-hydroxylation sites is 1. The summed E-state index contributed by atoms with van der Waals surface area (Å²) in [7, 11) is 1.72. The minimum atomic E-state index is 0.734. The number of H-pyrrole nitrogens is 1. The lowest BCUT2D eigenvalue weighted by atomic mass is 10.2. The number of nitrogens with one attached hydrogen (secondary N) is 1. The van der Waals surface area contributed by atoms with E-state index in [9.17, 15) is 0 Å². The van der Waals surface area contributed by atoms with Crippen molar-refractivity contribution in [2.45, 2.75) is 13.0 Å². The molecule has 0 saturated carbocycles. The van der Waals surface area contributed by atoms with Crippen molar-refractivity contribution in [3.05, 3.63) is 35.2 Å². The van der Waals surface area contributed by atoms with Gasteiger partial charge in [0.25, 0.3) is 0 Å². The number of imidazole rings is 1. The van der Waals surface area contributed by atoms with Crippen LogP contribution >= 0.6 is 12.2 Å². The third-order valence-corrected chi connectivity index (χ3v) is 3.56. The lowest BCUT2D eigenvalue weighted by molar-refractivity contribution is 0.190. The molecule has 1 aromatic carbocycles. The Morgan fingerprint density at radius 2 is 2.21 bits per heavy atom. The van der Waals surface area contributed by atoms with E-state index in [1.165, 1.54) is 0 Å². The number of benzene rings is 1. The highest BCUT2D eigenvalue weighted by atomic mass is 32.1. The summed E-state index contributed by atoms with van der Waals surface area (Å²) in [6, 6.07) is 8.13. The second-order valence-electron chi connectivity index (χ2n) is 4.47. The molecule has 19 heavy (non-hydrogen) atoms. The van der Waals surface area contributed by atoms with Crippen molar-refractivity contribution < 1.29 is 4.74 Å². The van der Waals surface area contributed by atoms with Crippen LogP contribution in [-0.4, -0.2) is 28.3 Å². The Morgan fingerprint density at radius 3 is 3.05 bits per heavy atom. The molecule has 2 aromatic heterocycles. The van der Waals surface area contributed by atoms with Gasteiger partial charge in [0.05, 0.1) is 22.7 Å². The van der Waals surface area contributed by atoms with Crippen molar-refractivity contribution in [1.82, 2.24) is 14.5 Å². The number of fused-ring (bicyclic) bond motifs is 3. The summed E-state index contributed by atoms with van der Waals surface area (Å²) in [5.74, 6) is 0. The van der Waals surface area contributed by atoms with E-state index in [1.807, 2.05) is 24.4 Å². The zero-order chi connectivity index (χ0) is 13.2. The van der Waals surface area contributed by atoms with Crippen LogP contribution in [0, 0.1) is 4.77 Å². The van der Waals surface area contributed by atoms with E-state index in [-0.39, 0.29) is 0 Å². The SMILES string of the molecule is COCCCn1c(=S)[nH]c2cnc3ccccc3c21. The number of ether oxygens (including phenoxy) is 1. The summed E-state index contributed by atoms with van der Waals surface area (Å²) in [5, 5.41) is 1.13. The Kier molecular flexibility index (Phi) is 3.31. The minimum absolute atomic E-state index is 0.734. The molecule has 3 aromatic rings. The molecule has 0 unspecified atom stereocenters. The molecule has 0 fully saturated rings. The van der Waals surface area contributed by atoms with E-state index in [0.29, 0.717) is 0 Å². The maximum Gasteiger partial charge on any atom is 0.178 e. The third-order valence-electron chi connectivity index (χ3n) is 3.23. The quantitative estimate of drug-likeness (QED) is 0.586. The fourth-order valence-corrected chi connectivity index (χ4v) is 2.67. The van der Waals surface area contributed by atoms with Gasteiger partial charge in [-0.05, 0) is 24.7 Å². The van der Waals surface area contributed by atoms with Gasteiger partial charge in [0, 0.05) is 25.6 Å². The van der Waals surface area contributed by atoms with Gasteiger partial charge in [-0.3, -0.25) is 4.98 Å². The zero-order valence-corrected chi connectivity index (χ0v) is 11.5. The molecule has 0 spiro atoms. The average Bonchev–Trinajstić information content (AvgIpc) is 2.76. The molecule has 2 heterocycles. The van der Waals surface area contributed by atoms with Crippen molar-refractivity contribution >= 4 is 34.2 Å². The van der Waals surface area contributed by atoms with Crippen molar-refractivity contribution in [3.63, 3.8) is 0 Å². The van der Waals surface area contributed by atoms with Crippen molar-refractivity contribution in [3.8, 4) is 0 Å². The van der Waals surface area contributed by atoms with Gasteiger partial charge in [0.1, 0.15) is 0 Å². The number of pyridine rings is 1. The standard InChI is InChI=1S/C14H15N3OS/c1-18-8-4-7-17-13-10-5-2-3-6-11(10)15-9-12(13)16-14(17)19/h2-3,5-6,9H,4,7-8H2,1H3,(H,16,19). The Balaban J connectivity index is 2.22. The molecular formula is C14H15N3OS. The first-order valence-corrected chi connectivity index (χ1v) is 6.67. The number of hydrogen-bond donors (Lipinski definition) is 1. The lowest BCUT2D eigenvalue weighted by Crippen LogP contribution is -2.01. The first-order valence-electron chi connectivity index (χ1n) is 6.26. The topological polar surface area (TPSA) is 42.8 Å². The van der Waals surface area contributed by atoms with Crippen LogP contribution in [0.2, 0.25) is 0 Å². The maximum absolute atomic E-state index is 5.40. The van der Waals surface area contributed by atoms with Crippen molar-refractivity contribution in [1.29, 1.82) is 0 Å². The van der Waals surface area contributed by atoms with Gasteiger partial charge < -0.3 is 14.3 Å². The van der Waals surface area contributed by atoms with Crippen LogP contribution in [0.15, 0.2) is 30.5 Å². The minimum Gasteiger partial charge on any atom is -0.385 e. The monoisotopic (exact) mass is 273 g/mol. The third kappa shape index (κ3) is 2.15. The number of aryl methyl sites for hydroxylation is 1. The molecule has 0 bridgehead atoms. The smallest absolute Gasteiger partial charge is 0.178 e. The Hall–Kier alpha value is -1.72. The van der Waals surface area contributed by atoms with Gasteiger partial charge in [0.15, 0.2) is 4.77 Å². The first-order chi connectivity index (χ1) is 9.31. The fraction of sp³-hybridized carbons (Fsp3) is 0.286. The molecule has 0 atom stereocenters. The Morgan fingerprint density at radius 1 is 1.37 bits per heavy atom. The van der Waals surface area contributed by atoms with Crippen molar-refractivity contribution in [2.24, 2.45) is 0 Å². The summed E-state index contributed by atoms with van der Waals surface area (Å²) in [6.45, 7) is 1.58. The molecule has 5 heteroatoms. The van der Waals surface area contributed by atoms with Crippen molar-refractivity contribution in [2.75, 3.05) is 13.7 Å². The zero-order valence-electron chi connectivity index (χ0n) is 10.7. The largest absolute Gasteiger partial charge is 0.385 e. The molecule has 0 amide bonds. The molecule has 0 radical (unpaired) electrons. The van der Waals surface area contributed by atoms with Crippen LogP contribution < -0.4 is 0 Å². The molecule has 1 N–H and O–H groups in total. The van der Waals surface area contributed by atoms with Gasteiger partial charge >= 0.3 is 0 Å². The van der Waals surface area contributed by atoms with Crippen LogP contribution in [-0.2, 0) is 11.3 Å². The molecule has 4 nitrogen and oxygen atoms in total. The molecular weight excluding hydrogens is 258 g/mol. The second kappa shape index (κ2) is 5.11. The number of aromatic nitrogens is 3. The second-order valence-corrected chi connectivity index (χ2v) is 4.85. The van der Waals surface area contributed by atoms with E-state index in [1.54, 1.807) is 7.11 Å². The summed E-state index contributed by atoms with van der Waals surface area (Å²) in [6.07, 6.45) is 2.79. The van der Waals surface area contributed by atoms with Crippen LogP contribution in [0.1, 0.15) is 6.42 Å². The van der Waals surface area contributed by atoms with Crippen LogP contribution in [0.25, 0.3) is 21.9 Å². The molecule has 0 aliphatic carbocycles. The van der Waals surface area contributed by atoms with Crippen LogP contribution in [0.5, 0.6) is 0 Å². The number of methoxy groups -OCH3 is 1. The summed E-state index contributed by atoms with van der Waals surface area (Å²) < 4.78 is 7.98. The molecule has 98 valence electrons. The predicted octanol–water partition coefficient (Wildman–Crippen LogP) is 3.28. The van der Waals surface area contributed by atoms with E-state index >= 15 is 0 Å². The lowest BCUT2D eigenvalue weighted by Gasteiger charge is -2.06. The maximum atomic E-state index is 5.40. The highest BCUT2D eigenvalue weighted by Gasteiger charge is 2.08. The number of nitrogens with zero attached hydrogens (tertiary/aromatic N) is 2. The highest BCUT2D eigenvalue weighted by Crippen LogP contribution is 2.23. The highest BCUT2D eigenvalue weighted by molar-refractivity contribution is 7.71. The van der Waals surface area contributed by atoms with Gasteiger partial charge in [-0.2, -0.15) is 0 Å². The molecule has 0 aliphatic heterocycles. The van der Waals surface area contributed by atoms with Gasteiger partial charge in [0.2, 0.25) is 0 Å². The fourth-order valence-electron chi connectivity index (χ4n) is 2.37. The Bertz CT molecular complexity index is 775. The summed E-state index contributed by atoms with van der Waals surface area (Å²) >= 11 is 5.40. The Labute approximate surface area is 116 Å². The number of aromatic amines is 1. The predicted molar refractivity (Wildman–Crippen MR) is 78.9 cm³/mol.